The van der Waals surface area contributed by atoms with Crippen LogP contribution in [0.2, 0.25) is 5.02 Å². The maximum absolute atomic E-state index is 5.83. The molecule has 0 unspecified atom stereocenters. The van der Waals surface area contributed by atoms with Gasteiger partial charge in [0, 0.05) is 5.02 Å². The fourth-order valence-corrected chi connectivity index (χ4v) is 1.95. The highest BCUT2D eigenvalue weighted by atomic mass is 35.5. The van der Waals surface area contributed by atoms with E-state index in [1.807, 2.05) is 66.7 Å². The number of ether oxygens (including phenoxy) is 1. The molecule has 0 aromatic heterocycles. The van der Waals surface area contributed by atoms with Crippen molar-refractivity contribution in [1.82, 2.24) is 0 Å². The van der Waals surface area contributed by atoms with Crippen molar-refractivity contribution in [3.8, 4) is 11.5 Å². The molecule has 0 amide bonds. The Labute approximate surface area is 133 Å². The number of hydrogen-bond donors (Lipinski definition) is 0. The molecule has 4 heteroatoms. The Kier molecular flexibility index (Phi) is 4.47. The first-order valence-corrected chi connectivity index (χ1v) is 7.18. The first-order chi connectivity index (χ1) is 10.8. The van der Waals surface area contributed by atoms with Gasteiger partial charge >= 0.3 is 0 Å². The Morgan fingerprint density at radius 2 is 1.09 bits per heavy atom. The molecule has 0 radical (unpaired) electrons. The van der Waals surface area contributed by atoms with Gasteiger partial charge < -0.3 is 4.74 Å². The summed E-state index contributed by atoms with van der Waals surface area (Å²) in [5.74, 6) is 1.56. The molecule has 0 fully saturated rings. The molecule has 0 aliphatic rings. The van der Waals surface area contributed by atoms with Crippen LogP contribution in [0.1, 0.15) is 0 Å². The number of nitrogens with zero attached hydrogens (tertiary/aromatic N) is 2. The summed E-state index contributed by atoms with van der Waals surface area (Å²) in [4.78, 5) is 0. The van der Waals surface area contributed by atoms with Gasteiger partial charge in [-0.3, -0.25) is 0 Å². The Morgan fingerprint density at radius 3 is 1.68 bits per heavy atom. The molecular weight excluding hydrogens is 296 g/mol. The van der Waals surface area contributed by atoms with Crippen LogP contribution in [0, 0.1) is 0 Å². The lowest BCUT2D eigenvalue weighted by molar-refractivity contribution is 0.483. The maximum atomic E-state index is 5.83. The molecule has 0 aliphatic heterocycles. The van der Waals surface area contributed by atoms with E-state index in [1.54, 1.807) is 12.1 Å². The molecule has 0 spiro atoms. The summed E-state index contributed by atoms with van der Waals surface area (Å²) in [5.41, 5.74) is 1.52. The summed E-state index contributed by atoms with van der Waals surface area (Å²) >= 11 is 5.83. The highest BCUT2D eigenvalue weighted by Gasteiger charge is 1.97. The van der Waals surface area contributed by atoms with E-state index in [2.05, 4.69) is 10.2 Å². The van der Waals surface area contributed by atoms with E-state index < -0.39 is 0 Å². The summed E-state index contributed by atoms with van der Waals surface area (Å²) in [6.45, 7) is 0. The summed E-state index contributed by atoms with van der Waals surface area (Å²) in [6, 6.07) is 24.3. The second-order valence-electron chi connectivity index (χ2n) is 4.59. The van der Waals surface area contributed by atoms with Gasteiger partial charge in [0.2, 0.25) is 0 Å². The first-order valence-electron chi connectivity index (χ1n) is 6.80. The monoisotopic (exact) mass is 308 g/mol. The molecule has 0 aliphatic carbocycles. The van der Waals surface area contributed by atoms with E-state index in [0.717, 1.165) is 22.9 Å². The lowest BCUT2D eigenvalue weighted by Crippen LogP contribution is -1.82. The smallest absolute Gasteiger partial charge is 0.127 e. The zero-order chi connectivity index (χ0) is 15.2. The molecule has 0 N–H and O–H groups in total. The summed E-state index contributed by atoms with van der Waals surface area (Å²) in [7, 11) is 0. The second kappa shape index (κ2) is 6.87. The average molecular weight is 309 g/mol. The normalized spacial score (nSPS) is 10.8. The minimum absolute atomic E-state index is 0.682. The van der Waals surface area contributed by atoms with Crippen molar-refractivity contribution in [2.45, 2.75) is 0 Å². The zero-order valence-corrected chi connectivity index (χ0v) is 12.4. The van der Waals surface area contributed by atoms with Gasteiger partial charge in [-0.25, -0.2) is 0 Å². The Hall–Kier alpha value is -2.65. The molecule has 3 rings (SSSR count). The van der Waals surface area contributed by atoms with Gasteiger partial charge in [0.25, 0.3) is 0 Å². The number of para-hydroxylation sites is 1. The fourth-order valence-electron chi connectivity index (χ4n) is 1.83. The van der Waals surface area contributed by atoms with Crippen molar-refractivity contribution in [3.05, 3.63) is 83.9 Å². The van der Waals surface area contributed by atoms with Gasteiger partial charge in [0.05, 0.1) is 11.4 Å². The lowest BCUT2D eigenvalue weighted by atomic mass is 10.3. The molecule has 0 heterocycles. The van der Waals surface area contributed by atoms with Gasteiger partial charge in [-0.15, -0.1) is 0 Å². The second-order valence-corrected chi connectivity index (χ2v) is 5.02. The van der Waals surface area contributed by atoms with Crippen LogP contribution in [0.3, 0.4) is 0 Å². The molecule has 0 saturated carbocycles. The van der Waals surface area contributed by atoms with Crippen molar-refractivity contribution in [3.63, 3.8) is 0 Å². The molecule has 3 aromatic rings. The lowest BCUT2D eigenvalue weighted by Gasteiger charge is -2.04. The maximum Gasteiger partial charge on any atom is 0.127 e. The number of rotatable bonds is 4. The zero-order valence-electron chi connectivity index (χ0n) is 11.7. The number of hydrogen-bond acceptors (Lipinski definition) is 3. The Balaban J connectivity index is 1.67. The number of benzene rings is 3. The quantitative estimate of drug-likeness (QED) is 0.503. The van der Waals surface area contributed by atoms with E-state index in [4.69, 9.17) is 16.3 Å². The largest absolute Gasteiger partial charge is 0.457 e. The summed E-state index contributed by atoms with van der Waals surface area (Å²) in [6.07, 6.45) is 0. The average Bonchev–Trinajstić information content (AvgIpc) is 2.57. The van der Waals surface area contributed by atoms with Crippen LogP contribution >= 0.6 is 11.6 Å². The van der Waals surface area contributed by atoms with Crippen LogP contribution in [0.5, 0.6) is 11.5 Å². The van der Waals surface area contributed by atoms with Crippen LogP contribution in [-0.4, -0.2) is 0 Å². The van der Waals surface area contributed by atoms with Crippen molar-refractivity contribution >= 4 is 23.0 Å². The third-order valence-corrected chi connectivity index (χ3v) is 3.18. The van der Waals surface area contributed by atoms with Crippen LogP contribution < -0.4 is 4.74 Å². The van der Waals surface area contributed by atoms with E-state index in [0.29, 0.717) is 5.02 Å². The van der Waals surface area contributed by atoms with E-state index >= 15 is 0 Å². The number of halogens is 1. The van der Waals surface area contributed by atoms with E-state index in [1.165, 1.54) is 0 Å². The van der Waals surface area contributed by atoms with Crippen LogP contribution in [0.15, 0.2) is 89.1 Å². The predicted octanol–water partition coefficient (Wildman–Crippen LogP) is 6.55. The minimum Gasteiger partial charge on any atom is -0.457 e. The van der Waals surface area contributed by atoms with Gasteiger partial charge in [-0.2, -0.15) is 10.2 Å². The topological polar surface area (TPSA) is 34.0 Å². The van der Waals surface area contributed by atoms with E-state index in [-0.39, 0.29) is 0 Å². The molecule has 3 nitrogen and oxygen atoms in total. The summed E-state index contributed by atoms with van der Waals surface area (Å²) in [5, 5.41) is 9.02. The minimum atomic E-state index is 0.682. The highest BCUT2D eigenvalue weighted by molar-refractivity contribution is 6.30. The SMILES string of the molecule is Clc1ccc(N=Nc2ccc(Oc3ccccc3)cc2)cc1. The molecular formula is C18H13ClN2O. The molecule has 0 bridgehead atoms. The van der Waals surface area contributed by atoms with Crippen LogP contribution in [0.4, 0.5) is 11.4 Å². The van der Waals surface area contributed by atoms with Crippen molar-refractivity contribution in [2.24, 2.45) is 10.2 Å². The molecule has 22 heavy (non-hydrogen) atoms. The Bertz CT molecular complexity index is 753. The van der Waals surface area contributed by atoms with Crippen molar-refractivity contribution in [2.75, 3.05) is 0 Å². The van der Waals surface area contributed by atoms with E-state index in [9.17, 15) is 0 Å². The standard InChI is InChI=1S/C18H13ClN2O/c19-14-6-8-15(9-7-14)20-21-16-10-12-18(13-11-16)22-17-4-2-1-3-5-17/h1-13H. The molecule has 0 saturated heterocycles. The molecule has 0 atom stereocenters. The Morgan fingerprint density at radius 1 is 0.591 bits per heavy atom. The molecule has 3 aromatic carbocycles. The van der Waals surface area contributed by atoms with Crippen LogP contribution in [-0.2, 0) is 0 Å². The van der Waals surface area contributed by atoms with Gasteiger partial charge in [-0.1, -0.05) is 29.8 Å². The third kappa shape index (κ3) is 3.93. The predicted molar refractivity (Wildman–Crippen MR) is 88.6 cm³/mol. The van der Waals surface area contributed by atoms with Gasteiger partial charge in [0.1, 0.15) is 11.5 Å². The highest BCUT2D eigenvalue weighted by Crippen LogP contribution is 2.25. The first kappa shape index (κ1) is 14.3. The third-order valence-electron chi connectivity index (χ3n) is 2.92. The summed E-state index contributed by atoms with van der Waals surface area (Å²) < 4.78 is 5.72. The van der Waals surface area contributed by atoms with Crippen LogP contribution in [0.25, 0.3) is 0 Å². The molecule has 108 valence electrons. The van der Waals surface area contributed by atoms with Crippen molar-refractivity contribution in [1.29, 1.82) is 0 Å². The fraction of sp³-hybridized carbons (Fsp3) is 0. The van der Waals surface area contributed by atoms with Gasteiger partial charge in [-0.05, 0) is 60.7 Å². The number of azo groups is 1. The van der Waals surface area contributed by atoms with Gasteiger partial charge in [0.15, 0.2) is 0 Å². The van der Waals surface area contributed by atoms with Crippen molar-refractivity contribution < 1.29 is 4.74 Å².